The molecule has 0 radical (unpaired) electrons. The standard InChI is InChI=1S/C16H21BrN6O/c1-11(18-16(24)19-13-7-3-2-4-8-13)15-20-21-22-23(15)14-9-5-6-12(17)10-14/h5-6,9-11,13H,2-4,7-8H2,1H3,(H2,18,19,24). The third-order valence-electron chi connectivity index (χ3n) is 4.22. The zero-order chi connectivity index (χ0) is 16.9. The van der Waals surface area contributed by atoms with Crippen LogP contribution in [0.3, 0.4) is 0 Å². The van der Waals surface area contributed by atoms with Gasteiger partial charge in [-0.05, 0) is 48.4 Å². The van der Waals surface area contributed by atoms with Crippen LogP contribution in [0.15, 0.2) is 28.7 Å². The molecule has 0 bridgehead atoms. The van der Waals surface area contributed by atoms with E-state index >= 15 is 0 Å². The van der Waals surface area contributed by atoms with Gasteiger partial charge in [-0.1, -0.05) is 41.3 Å². The topological polar surface area (TPSA) is 84.7 Å². The number of halogens is 1. The number of nitrogens with zero attached hydrogens (tertiary/aromatic N) is 4. The van der Waals surface area contributed by atoms with E-state index in [1.54, 1.807) is 4.68 Å². The average Bonchev–Trinajstić information content (AvgIpc) is 3.05. The van der Waals surface area contributed by atoms with Crippen LogP contribution in [0.2, 0.25) is 0 Å². The lowest BCUT2D eigenvalue weighted by molar-refractivity contribution is 0.229. The van der Waals surface area contributed by atoms with Gasteiger partial charge >= 0.3 is 6.03 Å². The van der Waals surface area contributed by atoms with Gasteiger partial charge in [-0.25, -0.2) is 4.79 Å². The summed E-state index contributed by atoms with van der Waals surface area (Å²) < 4.78 is 2.58. The van der Waals surface area contributed by atoms with Crippen LogP contribution in [0.25, 0.3) is 5.69 Å². The van der Waals surface area contributed by atoms with Crippen LogP contribution in [-0.2, 0) is 0 Å². The monoisotopic (exact) mass is 392 g/mol. The van der Waals surface area contributed by atoms with E-state index in [-0.39, 0.29) is 18.1 Å². The minimum Gasteiger partial charge on any atom is -0.335 e. The smallest absolute Gasteiger partial charge is 0.315 e. The normalized spacial score (nSPS) is 16.6. The van der Waals surface area contributed by atoms with Crippen molar-refractivity contribution in [3.8, 4) is 5.69 Å². The number of tetrazole rings is 1. The Labute approximate surface area is 149 Å². The summed E-state index contributed by atoms with van der Waals surface area (Å²) in [6, 6.07) is 7.49. The Morgan fingerprint density at radius 1 is 1.33 bits per heavy atom. The molecule has 1 unspecified atom stereocenters. The van der Waals surface area contributed by atoms with E-state index < -0.39 is 0 Å². The number of benzene rings is 1. The second-order valence-electron chi connectivity index (χ2n) is 6.10. The van der Waals surface area contributed by atoms with Gasteiger partial charge in [-0.15, -0.1) is 5.10 Å². The number of urea groups is 1. The van der Waals surface area contributed by atoms with Crippen LogP contribution >= 0.6 is 15.9 Å². The van der Waals surface area contributed by atoms with Crippen molar-refractivity contribution in [3.63, 3.8) is 0 Å². The van der Waals surface area contributed by atoms with Crippen molar-refractivity contribution in [2.45, 2.75) is 51.1 Å². The molecular weight excluding hydrogens is 372 g/mol. The van der Waals surface area contributed by atoms with E-state index in [9.17, 15) is 4.79 Å². The molecular formula is C16H21BrN6O. The van der Waals surface area contributed by atoms with Gasteiger partial charge in [0.25, 0.3) is 0 Å². The molecule has 0 saturated heterocycles. The van der Waals surface area contributed by atoms with Crippen LogP contribution in [0, 0.1) is 0 Å². The van der Waals surface area contributed by atoms with E-state index in [1.807, 2.05) is 31.2 Å². The summed E-state index contributed by atoms with van der Waals surface area (Å²) in [7, 11) is 0. The fourth-order valence-corrected chi connectivity index (χ4v) is 3.38. The zero-order valence-electron chi connectivity index (χ0n) is 13.6. The van der Waals surface area contributed by atoms with Gasteiger partial charge in [0, 0.05) is 10.5 Å². The second-order valence-corrected chi connectivity index (χ2v) is 7.02. The summed E-state index contributed by atoms with van der Waals surface area (Å²) in [4.78, 5) is 12.2. The molecule has 24 heavy (non-hydrogen) atoms. The Bertz CT molecular complexity index is 697. The fourth-order valence-electron chi connectivity index (χ4n) is 2.99. The number of nitrogens with one attached hydrogen (secondary N) is 2. The third kappa shape index (κ3) is 4.11. The maximum absolute atomic E-state index is 12.2. The van der Waals surface area contributed by atoms with E-state index in [4.69, 9.17) is 0 Å². The highest BCUT2D eigenvalue weighted by molar-refractivity contribution is 9.10. The Kier molecular flexibility index (Phi) is 5.44. The van der Waals surface area contributed by atoms with Crippen LogP contribution in [0.5, 0.6) is 0 Å². The molecule has 8 heteroatoms. The molecule has 1 aromatic heterocycles. The largest absolute Gasteiger partial charge is 0.335 e. The SMILES string of the molecule is CC(NC(=O)NC1CCCCC1)c1nnnn1-c1cccc(Br)c1. The molecule has 2 amide bonds. The molecule has 0 spiro atoms. The molecule has 1 saturated carbocycles. The van der Waals surface area contributed by atoms with E-state index in [0.717, 1.165) is 23.0 Å². The minimum absolute atomic E-state index is 0.168. The first-order valence-corrected chi connectivity index (χ1v) is 9.04. The Balaban J connectivity index is 1.66. The molecule has 1 heterocycles. The molecule has 2 N–H and O–H groups in total. The van der Waals surface area contributed by atoms with Crippen molar-refractivity contribution in [2.24, 2.45) is 0 Å². The van der Waals surface area contributed by atoms with Crippen molar-refractivity contribution >= 4 is 22.0 Å². The Hall–Kier alpha value is -1.96. The molecule has 0 aliphatic heterocycles. The maximum Gasteiger partial charge on any atom is 0.315 e. The fraction of sp³-hybridized carbons (Fsp3) is 0.500. The van der Waals surface area contributed by atoms with Gasteiger partial charge in [0.05, 0.1) is 11.7 Å². The van der Waals surface area contributed by atoms with Crippen molar-refractivity contribution < 1.29 is 4.79 Å². The molecule has 128 valence electrons. The maximum atomic E-state index is 12.2. The number of rotatable bonds is 4. The van der Waals surface area contributed by atoms with Gasteiger partial charge in [-0.3, -0.25) is 0 Å². The van der Waals surface area contributed by atoms with Crippen LogP contribution in [0.1, 0.15) is 50.9 Å². The lowest BCUT2D eigenvalue weighted by atomic mass is 9.96. The first kappa shape index (κ1) is 16.9. The van der Waals surface area contributed by atoms with Gasteiger partial charge < -0.3 is 10.6 Å². The Morgan fingerprint density at radius 2 is 2.12 bits per heavy atom. The van der Waals surface area contributed by atoms with Crippen molar-refractivity contribution in [3.05, 3.63) is 34.6 Å². The number of aromatic nitrogens is 4. The van der Waals surface area contributed by atoms with Crippen molar-refractivity contribution in [1.29, 1.82) is 0 Å². The summed E-state index contributed by atoms with van der Waals surface area (Å²) >= 11 is 3.44. The highest BCUT2D eigenvalue weighted by Gasteiger charge is 2.20. The number of carbonyl (C=O) groups excluding carboxylic acids is 1. The predicted octanol–water partition coefficient (Wildman–Crippen LogP) is 3.12. The van der Waals surface area contributed by atoms with Crippen LogP contribution in [-0.4, -0.2) is 32.3 Å². The summed E-state index contributed by atoms with van der Waals surface area (Å²) in [5.74, 6) is 0.590. The minimum atomic E-state index is -0.303. The highest BCUT2D eigenvalue weighted by atomic mass is 79.9. The predicted molar refractivity (Wildman–Crippen MR) is 93.8 cm³/mol. The first-order valence-electron chi connectivity index (χ1n) is 8.25. The second kappa shape index (κ2) is 7.74. The molecule has 1 aliphatic rings. The van der Waals surface area contributed by atoms with Gasteiger partial charge in [0.15, 0.2) is 5.82 Å². The van der Waals surface area contributed by atoms with Gasteiger partial charge in [0.1, 0.15) is 0 Å². The summed E-state index contributed by atoms with van der Waals surface area (Å²) in [5.41, 5.74) is 0.839. The highest BCUT2D eigenvalue weighted by Crippen LogP contribution is 2.19. The van der Waals surface area contributed by atoms with Gasteiger partial charge in [0.2, 0.25) is 0 Å². The average molecular weight is 393 g/mol. The summed E-state index contributed by atoms with van der Waals surface area (Å²) in [6.45, 7) is 1.88. The molecule has 1 fully saturated rings. The quantitative estimate of drug-likeness (QED) is 0.836. The number of hydrogen-bond acceptors (Lipinski definition) is 4. The number of hydrogen-bond donors (Lipinski definition) is 2. The van der Waals surface area contributed by atoms with E-state index in [0.29, 0.717) is 5.82 Å². The Morgan fingerprint density at radius 3 is 2.88 bits per heavy atom. The molecule has 3 rings (SSSR count). The van der Waals surface area contributed by atoms with Crippen molar-refractivity contribution in [1.82, 2.24) is 30.8 Å². The van der Waals surface area contributed by atoms with Crippen molar-refractivity contribution in [2.75, 3.05) is 0 Å². The van der Waals surface area contributed by atoms with E-state index in [2.05, 4.69) is 42.1 Å². The van der Waals surface area contributed by atoms with Crippen LogP contribution < -0.4 is 10.6 Å². The first-order chi connectivity index (χ1) is 11.6. The molecule has 2 aromatic rings. The number of amides is 2. The zero-order valence-corrected chi connectivity index (χ0v) is 15.2. The molecule has 1 aromatic carbocycles. The van der Waals surface area contributed by atoms with Gasteiger partial charge in [-0.2, -0.15) is 4.68 Å². The van der Waals surface area contributed by atoms with Crippen LogP contribution in [0.4, 0.5) is 4.79 Å². The lowest BCUT2D eigenvalue weighted by Crippen LogP contribution is -2.44. The lowest BCUT2D eigenvalue weighted by Gasteiger charge is -2.24. The molecule has 1 atom stereocenters. The van der Waals surface area contributed by atoms with E-state index in [1.165, 1.54) is 19.3 Å². The number of carbonyl (C=O) groups is 1. The summed E-state index contributed by atoms with van der Waals surface area (Å²) in [5, 5.41) is 17.8. The molecule has 7 nitrogen and oxygen atoms in total. The molecule has 1 aliphatic carbocycles. The third-order valence-corrected chi connectivity index (χ3v) is 4.71. The summed E-state index contributed by atoms with van der Waals surface area (Å²) in [6.07, 6.45) is 5.73.